The van der Waals surface area contributed by atoms with Crippen LogP contribution in [0.15, 0.2) is 6.20 Å². The Morgan fingerprint density at radius 3 is 3.00 bits per heavy atom. The molecule has 0 aliphatic carbocycles. The lowest BCUT2D eigenvalue weighted by Crippen LogP contribution is -2.48. The molecule has 0 amide bonds. The average molecular weight is 196 g/mol. The summed E-state index contributed by atoms with van der Waals surface area (Å²) in [4.78, 5) is 2.20. The van der Waals surface area contributed by atoms with Crippen LogP contribution in [0.25, 0.3) is 0 Å². The van der Waals surface area contributed by atoms with Crippen LogP contribution in [-0.4, -0.2) is 35.5 Å². The lowest BCUT2D eigenvalue weighted by Gasteiger charge is -2.38. The molecule has 1 aromatic heterocycles. The van der Waals surface area contributed by atoms with Crippen LogP contribution < -0.4 is 10.6 Å². The smallest absolute Gasteiger partial charge is 0.142 e. The van der Waals surface area contributed by atoms with Crippen molar-refractivity contribution < 1.29 is 4.74 Å². The number of morpholine rings is 1. The Morgan fingerprint density at radius 2 is 2.43 bits per heavy atom. The molecule has 0 spiro atoms. The number of anilines is 2. The third-order valence-electron chi connectivity index (χ3n) is 2.41. The van der Waals surface area contributed by atoms with Gasteiger partial charge in [-0.25, -0.2) is 0 Å². The molecule has 3 N–H and O–H groups in total. The van der Waals surface area contributed by atoms with Crippen LogP contribution in [0.1, 0.15) is 13.8 Å². The Hall–Kier alpha value is -1.23. The highest BCUT2D eigenvalue weighted by atomic mass is 16.5. The summed E-state index contributed by atoms with van der Waals surface area (Å²) in [6, 6.07) is 0. The van der Waals surface area contributed by atoms with E-state index in [1.54, 1.807) is 6.20 Å². The second-order valence-electron chi connectivity index (χ2n) is 4.20. The lowest BCUT2D eigenvalue weighted by molar-refractivity contribution is -0.0276. The largest absolute Gasteiger partial charge is 0.382 e. The summed E-state index contributed by atoms with van der Waals surface area (Å²) < 4.78 is 5.62. The Balaban J connectivity index is 2.16. The van der Waals surface area contributed by atoms with E-state index in [9.17, 15) is 0 Å². The van der Waals surface area contributed by atoms with Crippen LogP contribution in [0.3, 0.4) is 0 Å². The van der Waals surface area contributed by atoms with Gasteiger partial charge in [-0.15, -0.1) is 0 Å². The first-order valence-corrected chi connectivity index (χ1v) is 4.76. The molecule has 1 aromatic rings. The van der Waals surface area contributed by atoms with Crippen molar-refractivity contribution in [2.24, 2.45) is 0 Å². The summed E-state index contributed by atoms with van der Waals surface area (Å²) in [7, 11) is 0. The number of hydrogen-bond donors (Lipinski definition) is 2. The molecule has 5 heteroatoms. The molecule has 0 aromatic carbocycles. The van der Waals surface area contributed by atoms with Gasteiger partial charge in [-0.1, -0.05) is 0 Å². The first kappa shape index (κ1) is 9.33. The molecule has 0 atom stereocenters. The summed E-state index contributed by atoms with van der Waals surface area (Å²) >= 11 is 0. The molecule has 1 fully saturated rings. The molecule has 0 saturated carbocycles. The first-order chi connectivity index (χ1) is 6.58. The van der Waals surface area contributed by atoms with Crippen LogP contribution in [-0.2, 0) is 4.74 Å². The second-order valence-corrected chi connectivity index (χ2v) is 4.20. The van der Waals surface area contributed by atoms with Crippen molar-refractivity contribution >= 4 is 11.5 Å². The highest BCUT2D eigenvalue weighted by Gasteiger charge is 2.28. The molecule has 2 heterocycles. The zero-order valence-electron chi connectivity index (χ0n) is 8.58. The molecule has 14 heavy (non-hydrogen) atoms. The number of nitrogens with zero attached hydrogens (tertiary/aromatic N) is 2. The maximum atomic E-state index is 5.76. The maximum Gasteiger partial charge on any atom is 0.142 e. The van der Waals surface area contributed by atoms with Gasteiger partial charge in [0, 0.05) is 13.1 Å². The van der Waals surface area contributed by atoms with E-state index < -0.39 is 0 Å². The van der Waals surface area contributed by atoms with Crippen LogP contribution >= 0.6 is 0 Å². The van der Waals surface area contributed by atoms with Crippen molar-refractivity contribution in [3.05, 3.63) is 6.20 Å². The van der Waals surface area contributed by atoms with Gasteiger partial charge in [-0.2, -0.15) is 5.10 Å². The monoisotopic (exact) mass is 196 g/mol. The van der Waals surface area contributed by atoms with E-state index in [0.29, 0.717) is 5.82 Å². The van der Waals surface area contributed by atoms with E-state index in [4.69, 9.17) is 10.5 Å². The summed E-state index contributed by atoms with van der Waals surface area (Å²) in [5, 5.41) is 6.65. The predicted octanol–water partition coefficient (Wildman–Crippen LogP) is 0.607. The fourth-order valence-electron chi connectivity index (χ4n) is 1.76. The number of hydrogen-bond acceptors (Lipinski definition) is 4. The minimum Gasteiger partial charge on any atom is -0.382 e. The molecular formula is C9H16N4O. The highest BCUT2D eigenvalue weighted by molar-refractivity contribution is 5.62. The minimum absolute atomic E-state index is 0.109. The number of nitrogens with one attached hydrogen (secondary N) is 1. The lowest BCUT2D eigenvalue weighted by atomic mass is 10.1. The molecule has 0 unspecified atom stereocenters. The van der Waals surface area contributed by atoms with Crippen molar-refractivity contribution in [2.45, 2.75) is 19.4 Å². The van der Waals surface area contributed by atoms with E-state index >= 15 is 0 Å². The van der Waals surface area contributed by atoms with Gasteiger partial charge in [-0.3, -0.25) is 5.10 Å². The van der Waals surface area contributed by atoms with Crippen molar-refractivity contribution in [3.63, 3.8) is 0 Å². The van der Waals surface area contributed by atoms with Crippen LogP contribution in [0.2, 0.25) is 0 Å². The zero-order chi connectivity index (χ0) is 10.2. The molecule has 1 aliphatic rings. The van der Waals surface area contributed by atoms with Crippen molar-refractivity contribution in [1.29, 1.82) is 0 Å². The van der Waals surface area contributed by atoms with Gasteiger partial charge >= 0.3 is 0 Å². The first-order valence-electron chi connectivity index (χ1n) is 4.76. The quantitative estimate of drug-likeness (QED) is 0.690. The SMILES string of the molecule is CC1(C)CN(c2cn[nH]c2N)CCO1. The Morgan fingerprint density at radius 1 is 1.64 bits per heavy atom. The van der Waals surface area contributed by atoms with E-state index in [1.165, 1.54) is 0 Å². The van der Waals surface area contributed by atoms with Gasteiger partial charge in [0.15, 0.2) is 0 Å². The number of nitrogens with two attached hydrogens (primary N) is 1. The highest BCUT2D eigenvalue weighted by Crippen LogP contribution is 2.25. The van der Waals surface area contributed by atoms with Crippen molar-refractivity contribution in [1.82, 2.24) is 10.2 Å². The summed E-state index contributed by atoms with van der Waals surface area (Å²) in [5.41, 5.74) is 6.62. The number of aromatic amines is 1. The van der Waals surface area contributed by atoms with Crippen molar-refractivity contribution in [2.75, 3.05) is 30.3 Å². The Bertz CT molecular complexity index is 320. The number of aromatic nitrogens is 2. The van der Waals surface area contributed by atoms with Crippen LogP contribution in [0.4, 0.5) is 11.5 Å². The van der Waals surface area contributed by atoms with Gasteiger partial charge in [0.05, 0.1) is 24.1 Å². The van der Waals surface area contributed by atoms with Gasteiger partial charge in [-0.05, 0) is 13.8 Å². The van der Waals surface area contributed by atoms with Crippen LogP contribution in [0, 0.1) is 0 Å². The number of rotatable bonds is 1. The molecular weight excluding hydrogens is 180 g/mol. The Kier molecular flexibility index (Phi) is 2.11. The van der Waals surface area contributed by atoms with E-state index in [0.717, 1.165) is 25.4 Å². The van der Waals surface area contributed by atoms with Gasteiger partial charge in [0.1, 0.15) is 5.82 Å². The number of H-pyrrole nitrogens is 1. The standard InChI is InChI=1S/C9H16N4O/c1-9(2)6-13(3-4-14-9)7-5-11-12-8(7)10/h5H,3-4,6H2,1-2H3,(H3,10,11,12). The summed E-state index contributed by atoms with van der Waals surface area (Å²) in [5.74, 6) is 0.628. The third kappa shape index (κ3) is 1.68. The topological polar surface area (TPSA) is 67.2 Å². The zero-order valence-corrected chi connectivity index (χ0v) is 8.58. The van der Waals surface area contributed by atoms with Gasteiger partial charge in [0.25, 0.3) is 0 Å². The fourth-order valence-corrected chi connectivity index (χ4v) is 1.76. The molecule has 78 valence electrons. The minimum atomic E-state index is -0.109. The molecule has 5 nitrogen and oxygen atoms in total. The van der Waals surface area contributed by atoms with Gasteiger partial charge in [0.2, 0.25) is 0 Å². The molecule has 2 rings (SSSR count). The number of ether oxygens (including phenoxy) is 1. The van der Waals surface area contributed by atoms with E-state index in [2.05, 4.69) is 28.9 Å². The fraction of sp³-hybridized carbons (Fsp3) is 0.667. The molecule has 0 bridgehead atoms. The molecule has 1 aliphatic heterocycles. The van der Waals surface area contributed by atoms with Gasteiger partial charge < -0.3 is 15.4 Å². The number of nitrogen functional groups attached to an aromatic ring is 1. The van der Waals surface area contributed by atoms with E-state index in [1.807, 2.05) is 0 Å². The van der Waals surface area contributed by atoms with Crippen molar-refractivity contribution in [3.8, 4) is 0 Å². The third-order valence-corrected chi connectivity index (χ3v) is 2.41. The maximum absolute atomic E-state index is 5.76. The Labute approximate surface area is 83.2 Å². The summed E-state index contributed by atoms with van der Waals surface area (Å²) in [6.07, 6.45) is 1.76. The second kappa shape index (κ2) is 3.16. The van der Waals surface area contributed by atoms with Crippen LogP contribution in [0.5, 0.6) is 0 Å². The molecule has 0 radical (unpaired) electrons. The molecule has 1 saturated heterocycles. The van der Waals surface area contributed by atoms with E-state index in [-0.39, 0.29) is 5.60 Å². The average Bonchev–Trinajstić information content (AvgIpc) is 2.49. The normalized spacial score (nSPS) is 21.1. The predicted molar refractivity (Wildman–Crippen MR) is 55.2 cm³/mol. The summed E-state index contributed by atoms with van der Waals surface area (Å²) in [6.45, 7) is 6.60.